The number of rotatable bonds is 6. The van der Waals surface area contributed by atoms with Gasteiger partial charge in [0.1, 0.15) is 6.04 Å². The highest BCUT2D eigenvalue weighted by Gasteiger charge is 2.20. The maximum atomic E-state index is 11.4. The third-order valence-corrected chi connectivity index (χ3v) is 2.55. The van der Waals surface area contributed by atoms with Gasteiger partial charge in [0.2, 0.25) is 11.8 Å². The fraction of sp³-hybridized carbons (Fsp3) is 0.778. The molecule has 0 radical (unpaired) electrons. The summed E-state index contributed by atoms with van der Waals surface area (Å²) in [6, 6.07) is -1.08. The van der Waals surface area contributed by atoms with Crippen molar-refractivity contribution in [2.45, 2.75) is 25.4 Å². The first-order valence-electron chi connectivity index (χ1n) is 4.79. The minimum Gasteiger partial charge on any atom is -0.357 e. The van der Waals surface area contributed by atoms with Gasteiger partial charge in [-0.3, -0.25) is 9.59 Å². The molecule has 0 rings (SSSR count). The SMILES string of the molecule is CNC(=O)C(CCSC)NC(=O)C(C)N. The zero-order valence-electron chi connectivity index (χ0n) is 9.37. The van der Waals surface area contributed by atoms with Crippen LogP contribution in [-0.2, 0) is 9.59 Å². The molecule has 4 N–H and O–H groups in total. The van der Waals surface area contributed by atoms with Crippen LogP contribution in [0.3, 0.4) is 0 Å². The van der Waals surface area contributed by atoms with Crippen LogP contribution in [0.15, 0.2) is 0 Å². The van der Waals surface area contributed by atoms with Crippen LogP contribution in [0.1, 0.15) is 13.3 Å². The minimum atomic E-state index is -0.591. The lowest BCUT2D eigenvalue weighted by Crippen LogP contribution is -2.50. The highest BCUT2D eigenvalue weighted by molar-refractivity contribution is 7.98. The Hall–Kier alpha value is -0.750. The number of amides is 2. The van der Waals surface area contributed by atoms with Crippen LogP contribution in [-0.4, -0.2) is 43.0 Å². The summed E-state index contributed by atoms with van der Waals surface area (Å²) in [6.07, 6.45) is 2.56. The molecule has 2 amide bonds. The monoisotopic (exact) mass is 233 g/mol. The molecule has 0 aromatic heterocycles. The smallest absolute Gasteiger partial charge is 0.242 e. The molecule has 0 saturated carbocycles. The molecular formula is C9H19N3O2S. The molecule has 15 heavy (non-hydrogen) atoms. The molecule has 2 atom stereocenters. The largest absolute Gasteiger partial charge is 0.357 e. The Balaban J connectivity index is 4.23. The number of carbonyl (C=O) groups is 2. The second-order valence-electron chi connectivity index (χ2n) is 3.25. The fourth-order valence-corrected chi connectivity index (χ4v) is 1.45. The van der Waals surface area contributed by atoms with Crippen LogP contribution in [0.4, 0.5) is 0 Å². The molecule has 5 nitrogen and oxygen atoms in total. The number of thioether (sulfide) groups is 1. The summed E-state index contributed by atoms with van der Waals surface area (Å²) >= 11 is 1.63. The number of likely N-dealkylation sites (N-methyl/N-ethyl adjacent to an activating group) is 1. The van der Waals surface area contributed by atoms with Crippen LogP contribution in [0.2, 0.25) is 0 Å². The third kappa shape index (κ3) is 5.64. The quantitative estimate of drug-likeness (QED) is 0.567. The average Bonchev–Trinajstić information content (AvgIpc) is 2.22. The number of nitrogens with two attached hydrogens (primary N) is 1. The fourth-order valence-electron chi connectivity index (χ4n) is 0.982. The van der Waals surface area contributed by atoms with Crippen LogP contribution in [0.25, 0.3) is 0 Å². The Bertz CT molecular complexity index is 221. The lowest BCUT2D eigenvalue weighted by molar-refractivity contribution is -0.129. The van der Waals surface area contributed by atoms with Gasteiger partial charge in [-0.15, -0.1) is 0 Å². The first-order chi connectivity index (χ1) is 7.02. The first-order valence-corrected chi connectivity index (χ1v) is 6.18. The van der Waals surface area contributed by atoms with E-state index < -0.39 is 12.1 Å². The molecule has 0 bridgehead atoms. The predicted molar refractivity (Wildman–Crippen MR) is 62.6 cm³/mol. The summed E-state index contributed by atoms with van der Waals surface area (Å²) in [7, 11) is 1.55. The summed E-state index contributed by atoms with van der Waals surface area (Å²) in [4.78, 5) is 22.7. The summed E-state index contributed by atoms with van der Waals surface area (Å²) in [5.74, 6) is 0.333. The van der Waals surface area contributed by atoms with Gasteiger partial charge in [-0.05, 0) is 25.4 Å². The van der Waals surface area contributed by atoms with Crippen molar-refractivity contribution >= 4 is 23.6 Å². The molecule has 0 aliphatic carbocycles. The molecule has 6 heteroatoms. The van der Waals surface area contributed by atoms with Gasteiger partial charge < -0.3 is 16.4 Å². The van der Waals surface area contributed by atoms with E-state index in [1.807, 2.05) is 6.26 Å². The Kier molecular flexibility index (Phi) is 7.15. The van der Waals surface area contributed by atoms with E-state index in [2.05, 4.69) is 10.6 Å². The normalized spacial score (nSPS) is 14.1. The summed E-state index contributed by atoms with van der Waals surface area (Å²) < 4.78 is 0. The van der Waals surface area contributed by atoms with Gasteiger partial charge in [-0.1, -0.05) is 0 Å². The standard InChI is InChI=1S/C9H19N3O2S/c1-6(10)8(13)12-7(4-5-15-3)9(14)11-2/h6-7H,4-5,10H2,1-3H3,(H,11,14)(H,12,13). The summed E-state index contributed by atoms with van der Waals surface area (Å²) in [6.45, 7) is 1.59. The Morgan fingerprint density at radius 2 is 2.00 bits per heavy atom. The van der Waals surface area contributed by atoms with Gasteiger partial charge in [0.25, 0.3) is 0 Å². The van der Waals surface area contributed by atoms with Gasteiger partial charge >= 0.3 is 0 Å². The number of nitrogens with one attached hydrogen (secondary N) is 2. The van der Waals surface area contributed by atoms with E-state index in [9.17, 15) is 9.59 Å². The van der Waals surface area contributed by atoms with Gasteiger partial charge in [0, 0.05) is 7.05 Å². The molecule has 88 valence electrons. The molecule has 0 saturated heterocycles. The Morgan fingerprint density at radius 1 is 1.40 bits per heavy atom. The minimum absolute atomic E-state index is 0.182. The lowest BCUT2D eigenvalue weighted by atomic mass is 10.2. The maximum absolute atomic E-state index is 11.4. The zero-order valence-corrected chi connectivity index (χ0v) is 10.2. The van der Waals surface area contributed by atoms with Crippen LogP contribution >= 0.6 is 11.8 Å². The van der Waals surface area contributed by atoms with E-state index in [0.29, 0.717) is 6.42 Å². The van der Waals surface area contributed by atoms with E-state index >= 15 is 0 Å². The van der Waals surface area contributed by atoms with E-state index in [4.69, 9.17) is 5.73 Å². The van der Waals surface area contributed by atoms with Crippen molar-refractivity contribution in [2.75, 3.05) is 19.1 Å². The lowest BCUT2D eigenvalue weighted by Gasteiger charge is -2.17. The summed E-state index contributed by atoms with van der Waals surface area (Å²) in [5.41, 5.74) is 5.41. The molecule has 0 aromatic carbocycles. The molecule has 2 unspecified atom stereocenters. The molecule has 0 spiro atoms. The zero-order chi connectivity index (χ0) is 11.8. The van der Waals surface area contributed by atoms with Gasteiger partial charge in [-0.2, -0.15) is 11.8 Å². The molecule has 0 aliphatic rings. The number of hydrogen-bond donors (Lipinski definition) is 3. The van der Waals surface area contributed by atoms with Crippen LogP contribution in [0, 0.1) is 0 Å². The average molecular weight is 233 g/mol. The second-order valence-corrected chi connectivity index (χ2v) is 4.23. The van der Waals surface area contributed by atoms with Gasteiger partial charge in [-0.25, -0.2) is 0 Å². The Morgan fingerprint density at radius 3 is 2.40 bits per heavy atom. The highest BCUT2D eigenvalue weighted by Crippen LogP contribution is 2.01. The molecule has 0 fully saturated rings. The second kappa shape index (κ2) is 7.53. The van der Waals surface area contributed by atoms with Crippen molar-refractivity contribution in [3.8, 4) is 0 Å². The first kappa shape index (κ1) is 14.2. The Labute approximate surface area is 94.5 Å². The molecule has 0 aliphatic heterocycles. The van der Waals surface area contributed by atoms with Crippen molar-refractivity contribution < 1.29 is 9.59 Å². The van der Waals surface area contributed by atoms with E-state index in [0.717, 1.165) is 5.75 Å². The van der Waals surface area contributed by atoms with Crippen molar-refractivity contribution in [2.24, 2.45) is 5.73 Å². The molecule has 0 heterocycles. The van der Waals surface area contributed by atoms with Crippen LogP contribution in [0.5, 0.6) is 0 Å². The molecule has 0 aromatic rings. The third-order valence-electron chi connectivity index (χ3n) is 1.90. The molecular weight excluding hydrogens is 214 g/mol. The number of hydrogen-bond acceptors (Lipinski definition) is 4. The van der Waals surface area contributed by atoms with Gasteiger partial charge in [0.15, 0.2) is 0 Å². The number of carbonyl (C=O) groups excluding carboxylic acids is 2. The maximum Gasteiger partial charge on any atom is 0.242 e. The predicted octanol–water partition coefficient (Wildman–Crippen LogP) is -0.682. The summed E-state index contributed by atoms with van der Waals surface area (Å²) in [5, 5.41) is 5.13. The highest BCUT2D eigenvalue weighted by atomic mass is 32.2. The van der Waals surface area contributed by atoms with Crippen molar-refractivity contribution in [3.05, 3.63) is 0 Å². The van der Waals surface area contributed by atoms with Crippen LogP contribution < -0.4 is 16.4 Å². The van der Waals surface area contributed by atoms with E-state index in [1.54, 1.807) is 25.7 Å². The van der Waals surface area contributed by atoms with Crippen molar-refractivity contribution in [1.29, 1.82) is 0 Å². The van der Waals surface area contributed by atoms with E-state index in [-0.39, 0.29) is 11.8 Å². The van der Waals surface area contributed by atoms with Gasteiger partial charge in [0.05, 0.1) is 6.04 Å². The van der Waals surface area contributed by atoms with Crippen molar-refractivity contribution in [1.82, 2.24) is 10.6 Å². The van der Waals surface area contributed by atoms with E-state index in [1.165, 1.54) is 0 Å². The van der Waals surface area contributed by atoms with Crippen molar-refractivity contribution in [3.63, 3.8) is 0 Å². The topological polar surface area (TPSA) is 84.2 Å².